The Labute approximate surface area is 85.1 Å². The molecule has 3 heteroatoms. The Hall–Kier alpha value is -1.43. The van der Waals surface area contributed by atoms with Crippen LogP contribution in [0.25, 0.3) is 0 Å². The summed E-state index contributed by atoms with van der Waals surface area (Å²) in [5.41, 5.74) is 0. The first kappa shape index (κ1) is 10.6. The van der Waals surface area contributed by atoms with E-state index in [2.05, 4.69) is 17.9 Å². The predicted octanol–water partition coefficient (Wildman–Crippen LogP) is 2.09. The van der Waals surface area contributed by atoms with Crippen LogP contribution in [0.3, 0.4) is 0 Å². The lowest BCUT2D eigenvalue weighted by Gasteiger charge is -2.00. The topological polar surface area (TPSA) is 27.1 Å². The van der Waals surface area contributed by atoms with Gasteiger partial charge < -0.3 is 4.74 Å². The van der Waals surface area contributed by atoms with E-state index in [0.29, 0.717) is 6.61 Å². The Morgan fingerprint density at radius 1 is 1.64 bits per heavy atom. The largest absolute Gasteiger partial charge is 0.490 e. The molecule has 0 aliphatic rings. The molecule has 0 bridgehead atoms. The number of hydrogen-bond acceptors (Lipinski definition) is 2. The maximum Gasteiger partial charge on any atom is 0.157 e. The molecule has 1 aromatic rings. The van der Waals surface area contributed by atoms with Crippen LogP contribution in [0.5, 0.6) is 5.75 Å². The van der Waals surface area contributed by atoms with Crippen LogP contribution < -0.4 is 4.74 Å². The van der Waals surface area contributed by atoms with Gasteiger partial charge in [0.2, 0.25) is 0 Å². The fourth-order valence-corrected chi connectivity index (χ4v) is 1.13. The Balaban J connectivity index is 2.26. The number of ether oxygens (including phenoxy) is 1. The number of unbranched alkanes of at least 4 members (excludes halogenated alkanes) is 1. The summed E-state index contributed by atoms with van der Waals surface area (Å²) >= 11 is 0. The highest BCUT2D eigenvalue weighted by atomic mass is 16.5. The number of aromatic nitrogens is 2. The average molecular weight is 192 g/mol. The van der Waals surface area contributed by atoms with Crippen LogP contribution >= 0.6 is 0 Å². The highest BCUT2D eigenvalue weighted by molar-refractivity contribution is 5.11. The standard InChI is InChI=1S/C11H16N2O/c1-3-5-6-8-14-11-9-12-13(10-11)7-4-2/h1,9-10H,4-8H2,2H3. The molecule has 1 aromatic heterocycles. The van der Waals surface area contributed by atoms with E-state index in [1.165, 1.54) is 0 Å². The van der Waals surface area contributed by atoms with Crippen LogP contribution in [0.2, 0.25) is 0 Å². The van der Waals surface area contributed by atoms with Gasteiger partial charge in [-0.05, 0) is 12.8 Å². The minimum absolute atomic E-state index is 0.669. The lowest BCUT2D eigenvalue weighted by Crippen LogP contribution is -1.97. The van der Waals surface area contributed by atoms with E-state index in [-0.39, 0.29) is 0 Å². The maximum atomic E-state index is 5.46. The summed E-state index contributed by atoms with van der Waals surface area (Å²) in [5.74, 6) is 3.41. The van der Waals surface area contributed by atoms with E-state index in [9.17, 15) is 0 Å². The number of nitrogens with zero attached hydrogens (tertiary/aromatic N) is 2. The monoisotopic (exact) mass is 192 g/mol. The molecule has 0 aliphatic carbocycles. The van der Waals surface area contributed by atoms with Crippen molar-refractivity contribution in [2.24, 2.45) is 0 Å². The fourth-order valence-electron chi connectivity index (χ4n) is 1.13. The summed E-state index contributed by atoms with van der Waals surface area (Å²) in [4.78, 5) is 0. The summed E-state index contributed by atoms with van der Waals surface area (Å²) < 4.78 is 7.34. The molecule has 14 heavy (non-hydrogen) atoms. The van der Waals surface area contributed by atoms with Crippen molar-refractivity contribution in [1.29, 1.82) is 0 Å². The van der Waals surface area contributed by atoms with Crippen molar-refractivity contribution in [2.75, 3.05) is 6.61 Å². The van der Waals surface area contributed by atoms with E-state index in [0.717, 1.165) is 31.6 Å². The van der Waals surface area contributed by atoms with Crippen LogP contribution in [0, 0.1) is 12.3 Å². The lowest BCUT2D eigenvalue weighted by atomic mass is 10.3. The molecular weight excluding hydrogens is 176 g/mol. The summed E-state index contributed by atoms with van der Waals surface area (Å²) in [6.45, 7) is 3.73. The molecule has 0 amide bonds. The molecule has 0 aliphatic heterocycles. The van der Waals surface area contributed by atoms with E-state index >= 15 is 0 Å². The van der Waals surface area contributed by atoms with Gasteiger partial charge in [-0.3, -0.25) is 4.68 Å². The second kappa shape index (κ2) is 6.09. The second-order valence-electron chi connectivity index (χ2n) is 3.10. The summed E-state index contributed by atoms with van der Waals surface area (Å²) in [7, 11) is 0. The average Bonchev–Trinajstić information content (AvgIpc) is 2.61. The molecule has 76 valence electrons. The van der Waals surface area contributed by atoms with Crippen molar-refractivity contribution >= 4 is 0 Å². The number of aryl methyl sites for hydroxylation is 1. The molecule has 0 aromatic carbocycles. The normalized spacial score (nSPS) is 9.71. The molecule has 0 fully saturated rings. The van der Waals surface area contributed by atoms with Gasteiger partial charge in [0.1, 0.15) is 0 Å². The highest BCUT2D eigenvalue weighted by Gasteiger charge is 1.97. The molecule has 1 rings (SSSR count). The Kier molecular flexibility index (Phi) is 4.63. The molecule has 0 atom stereocenters. The first-order valence-electron chi connectivity index (χ1n) is 4.95. The minimum Gasteiger partial charge on any atom is -0.490 e. The fraction of sp³-hybridized carbons (Fsp3) is 0.545. The Bertz CT molecular complexity index is 298. The maximum absolute atomic E-state index is 5.46. The highest BCUT2D eigenvalue weighted by Crippen LogP contribution is 2.08. The van der Waals surface area contributed by atoms with Crippen LogP contribution in [0.15, 0.2) is 12.4 Å². The van der Waals surface area contributed by atoms with Crippen molar-refractivity contribution in [3.8, 4) is 18.1 Å². The van der Waals surface area contributed by atoms with Gasteiger partial charge in [-0.25, -0.2) is 0 Å². The van der Waals surface area contributed by atoms with Gasteiger partial charge in [0.25, 0.3) is 0 Å². The molecule has 0 unspecified atom stereocenters. The van der Waals surface area contributed by atoms with Gasteiger partial charge in [-0.15, -0.1) is 12.3 Å². The molecule has 3 nitrogen and oxygen atoms in total. The van der Waals surface area contributed by atoms with Gasteiger partial charge in [0, 0.05) is 13.0 Å². The van der Waals surface area contributed by atoms with Crippen molar-refractivity contribution in [3.05, 3.63) is 12.4 Å². The SMILES string of the molecule is C#CCCCOc1cnn(CCC)c1. The summed E-state index contributed by atoms with van der Waals surface area (Å²) in [6.07, 6.45) is 11.5. The van der Waals surface area contributed by atoms with Gasteiger partial charge in [-0.1, -0.05) is 6.92 Å². The van der Waals surface area contributed by atoms with E-state index in [4.69, 9.17) is 11.2 Å². The molecule has 0 N–H and O–H groups in total. The van der Waals surface area contributed by atoms with E-state index in [1.54, 1.807) is 6.20 Å². The molecule has 0 saturated carbocycles. The van der Waals surface area contributed by atoms with Gasteiger partial charge in [-0.2, -0.15) is 5.10 Å². The predicted molar refractivity (Wildman–Crippen MR) is 56.1 cm³/mol. The Morgan fingerprint density at radius 3 is 3.21 bits per heavy atom. The van der Waals surface area contributed by atoms with Crippen LogP contribution in [-0.2, 0) is 6.54 Å². The third-order valence-electron chi connectivity index (χ3n) is 1.80. The second-order valence-corrected chi connectivity index (χ2v) is 3.10. The molecule has 0 saturated heterocycles. The van der Waals surface area contributed by atoms with Gasteiger partial charge in [0.15, 0.2) is 5.75 Å². The zero-order chi connectivity index (χ0) is 10.2. The van der Waals surface area contributed by atoms with Crippen LogP contribution in [-0.4, -0.2) is 16.4 Å². The molecular formula is C11H16N2O. The van der Waals surface area contributed by atoms with Gasteiger partial charge in [0.05, 0.1) is 19.0 Å². The zero-order valence-corrected chi connectivity index (χ0v) is 8.57. The van der Waals surface area contributed by atoms with E-state index < -0.39 is 0 Å². The quantitative estimate of drug-likeness (QED) is 0.509. The van der Waals surface area contributed by atoms with Crippen molar-refractivity contribution in [3.63, 3.8) is 0 Å². The minimum atomic E-state index is 0.669. The molecule has 0 spiro atoms. The van der Waals surface area contributed by atoms with Crippen molar-refractivity contribution in [2.45, 2.75) is 32.7 Å². The number of terminal acetylenes is 1. The van der Waals surface area contributed by atoms with Crippen LogP contribution in [0.1, 0.15) is 26.2 Å². The summed E-state index contributed by atoms with van der Waals surface area (Å²) in [5, 5.41) is 4.16. The number of hydrogen-bond donors (Lipinski definition) is 0. The smallest absolute Gasteiger partial charge is 0.157 e. The van der Waals surface area contributed by atoms with Crippen LogP contribution in [0.4, 0.5) is 0 Å². The summed E-state index contributed by atoms with van der Waals surface area (Å²) in [6, 6.07) is 0. The lowest BCUT2D eigenvalue weighted by molar-refractivity contribution is 0.312. The molecule has 1 heterocycles. The van der Waals surface area contributed by atoms with E-state index in [1.807, 2.05) is 10.9 Å². The zero-order valence-electron chi connectivity index (χ0n) is 8.57. The van der Waals surface area contributed by atoms with Gasteiger partial charge >= 0.3 is 0 Å². The molecule has 0 radical (unpaired) electrons. The first-order valence-corrected chi connectivity index (χ1v) is 4.95. The van der Waals surface area contributed by atoms with Crippen molar-refractivity contribution < 1.29 is 4.74 Å². The third kappa shape index (κ3) is 3.53. The third-order valence-corrected chi connectivity index (χ3v) is 1.80. The first-order chi connectivity index (χ1) is 6.86. The van der Waals surface area contributed by atoms with Crippen molar-refractivity contribution in [1.82, 2.24) is 9.78 Å². The Morgan fingerprint density at radius 2 is 2.50 bits per heavy atom. The number of rotatable bonds is 6.